The van der Waals surface area contributed by atoms with Crippen molar-refractivity contribution in [2.45, 2.75) is 71.4 Å². The molecule has 1 N–H and O–H groups in total. The third-order valence-corrected chi connectivity index (χ3v) is 4.34. The first-order valence-electron chi connectivity index (χ1n) is 7.64. The lowest BCUT2D eigenvalue weighted by molar-refractivity contribution is 0.379. The van der Waals surface area contributed by atoms with E-state index < -0.39 is 0 Å². The van der Waals surface area contributed by atoms with E-state index in [1.165, 1.54) is 36.9 Å². The van der Waals surface area contributed by atoms with Crippen molar-refractivity contribution in [3.63, 3.8) is 0 Å². The molecule has 108 valence electrons. The highest BCUT2D eigenvalue weighted by atomic mass is 15.3. The third-order valence-electron chi connectivity index (χ3n) is 4.34. The molecular formula is C16H29N3. The molecule has 0 saturated heterocycles. The van der Waals surface area contributed by atoms with Crippen molar-refractivity contribution >= 4 is 0 Å². The van der Waals surface area contributed by atoms with Crippen molar-refractivity contribution < 1.29 is 0 Å². The molecule has 1 aliphatic rings. The van der Waals surface area contributed by atoms with E-state index in [0.717, 1.165) is 12.5 Å². The van der Waals surface area contributed by atoms with Crippen molar-refractivity contribution in [2.75, 3.05) is 0 Å². The highest BCUT2D eigenvalue weighted by molar-refractivity contribution is 5.23. The van der Waals surface area contributed by atoms with Crippen molar-refractivity contribution in [1.29, 1.82) is 0 Å². The summed E-state index contributed by atoms with van der Waals surface area (Å²) in [6.45, 7) is 9.99. The second-order valence-corrected chi connectivity index (χ2v) is 7.14. The summed E-state index contributed by atoms with van der Waals surface area (Å²) in [5.41, 5.74) is 2.69. The maximum Gasteiger partial charge on any atom is 0.0722 e. The van der Waals surface area contributed by atoms with Gasteiger partial charge in [0.1, 0.15) is 0 Å². The Kier molecular flexibility index (Phi) is 4.34. The topological polar surface area (TPSA) is 29.9 Å². The molecule has 0 radical (unpaired) electrons. The van der Waals surface area contributed by atoms with Crippen molar-refractivity contribution in [1.82, 2.24) is 15.1 Å². The minimum Gasteiger partial charge on any atom is -0.310 e. The molecule has 1 aromatic rings. The Bertz CT molecular complexity index is 408. The largest absolute Gasteiger partial charge is 0.310 e. The minimum atomic E-state index is 0.120. The van der Waals surface area contributed by atoms with Gasteiger partial charge in [-0.15, -0.1) is 0 Å². The van der Waals surface area contributed by atoms with Crippen LogP contribution >= 0.6 is 0 Å². The summed E-state index contributed by atoms with van der Waals surface area (Å²) < 4.78 is 1.94. The Labute approximate surface area is 117 Å². The molecule has 0 aromatic carbocycles. The van der Waals surface area contributed by atoms with Crippen LogP contribution in [-0.2, 0) is 19.0 Å². The lowest BCUT2D eigenvalue weighted by Gasteiger charge is -2.22. The Morgan fingerprint density at radius 2 is 2.00 bits per heavy atom. The molecule has 2 rings (SSSR count). The van der Waals surface area contributed by atoms with E-state index in [1.807, 2.05) is 11.7 Å². The zero-order valence-electron chi connectivity index (χ0n) is 13.2. The summed E-state index contributed by atoms with van der Waals surface area (Å²) in [7, 11) is 2.01. The molecule has 1 aliphatic carbocycles. The van der Waals surface area contributed by atoms with Gasteiger partial charge in [0.25, 0.3) is 0 Å². The molecule has 1 saturated carbocycles. The monoisotopic (exact) mass is 263 g/mol. The molecule has 0 spiro atoms. The molecule has 0 bridgehead atoms. The van der Waals surface area contributed by atoms with E-state index in [9.17, 15) is 0 Å². The zero-order chi connectivity index (χ0) is 14.0. The summed E-state index contributed by atoms with van der Waals surface area (Å²) in [6.07, 6.45) is 7.78. The van der Waals surface area contributed by atoms with Gasteiger partial charge in [-0.3, -0.25) is 4.68 Å². The van der Waals surface area contributed by atoms with E-state index in [4.69, 9.17) is 0 Å². The summed E-state index contributed by atoms with van der Waals surface area (Å²) in [5, 5.41) is 8.35. The highest BCUT2D eigenvalue weighted by Gasteiger charge is 2.24. The molecule has 1 aromatic heterocycles. The zero-order valence-corrected chi connectivity index (χ0v) is 13.2. The van der Waals surface area contributed by atoms with Crippen molar-refractivity contribution in [3.8, 4) is 0 Å². The number of hydrogen-bond acceptors (Lipinski definition) is 2. The Hall–Kier alpha value is -0.830. The summed E-state index contributed by atoms with van der Waals surface area (Å²) in [4.78, 5) is 0. The maximum absolute atomic E-state index is 4.63. The van der Waals surface area contributed by atoms with Crippen LogP contribution in [0.25, 0.3) is 0 Å². The van der Waals surface area contributed by atoms with Crippen LogP contribution in [0.2, 0.25) is 0 Å². The van der Waals surface area contributed by atoms with Gasteiger partial charge in [-0.1, -0.05) is 33.6 Å². The van der Waals surface area contributed by atoms with Gasteiger partial charge >= 0.3 is 0 Å². The number of aromatic nitrogens is 2. The normalized spacial score (nSPS) is 19.0. The van der Waals surface area contributed by atoms with Crippen LogP contribution in [-0.4, -0.2) is 15.8 Å². The van der Waals surface area contributed by atoms with Gasteiger partial charge in [-0.25, -0.2) is 0 Å². The van der Waals surface area contributed by atoms with Crippen LogP contribution in [0.15, 0.2) is 6.20 Å². The van der Waals surface area contributed by atoms with Gasteiger partial charge in [0.15, 0.2) is 0 Å². The van der Waals surface area contributed by atoms with Gasteiger partial charge in [0, 0.05) is 36.8 Å². The van der Waals surface area contributed by atoms with E-state index in [0.29, 0.717) is 6.04 Å². The molecular weight excluding hydrogens is 234 g/mol. The predicted molar refractivity (Wildman–Crippen MR) is 80.2 cm³/mol. The number of aryl methyl sites for hydroxylation is 1. The van der Waals surface area contributed by atoms with E-state index in [1.54, 1.807) is 0 Å². The number of nitrogens with zero attached hydrogens (tertiary/aromatic N) is 2. The third kappa shape index (κ3) is 3.59. The highest BCUT2D eigenvalue weighted by Crippen LogP contribution is 2.28. The minimum absolute atomic E-state index is 0.120. The molecule has 0 unspecified atom stereocenters. The van der Waals surface area contributed by atoms with Gasteiger partial charge in [0.05, 0.1) is 5.69 Å². The Morgan fingerprint density at radius 3 is 2.58 bits per heavy atom. The molecule has 1 atom stereocenters. The van der Waals surface area contributed by atoms with Gasteiger partial charge < -0.3 is 5.32 Å². The first-order valence-corrected chi connectivity index (χ1v) is 7.64. The number of hydrogen-bond donors (Lipinski definition) is 1. The molecule has 3 nitrogen and oxygen atoms in total. The van der Waals surface area contributed by atoms with E-state index in [-0.39, 0.29) is 5.41 Å². The Morgan fingerprint density at radius 1 is 1.37 bits per heavy atom. The SMILES string of the molecule is C[C@H](NCc1cn(C)nc1C(C)(C)C)C1CCCC1. The fraction of sp³-hybridized carbons (Fsp3) is 0.812. The first kappa shape index (κ1) is 14.6. The number of rotatable bonds is 4. The van der Waals surface area contributed by atoms with Crippen LogP contribution in [0.3, 0.4) is 0 Å². The lowest BCUT2D eigenvalue weighted by atomic mass is 9.89. The quantitative estimate of drug-likeness (QED) is 0.902. The molecule has 1 heterocycles. The average molecular weight is 263 g/mol. The molecule has 3 heteroatoms. The van der Waals surface area contributed by atoms with Gasteiger partial charge in [-0.05, 0) is 25.7 Å². The molecule has 0 aliphatic heterocycles. The maximum atomic E-state index is 4.63. The van der Waals surface area contributed by atoms with E-state index in [2.05, 4.69) is 44.3 Å². The number of nitrogens with one attached hydrogen (secondary N) is 1. The molecule has 19 heavy (non-hydrogen) atoms. The molecule has 0 amide bonds. The van der Waals surface area contributed by atoms with Crippen molar-refractivity contribution in [2.24, 2.45) is 13.0 Å². The second-order valence-electron chi connectivity index (χ2n) is 7.14. The van der Waals surface area contributed by atoms with Gasteiger partial charge in [0.2, 0.25) is 0 Å². The van der Waals surface area contributed by atoms with Crippen LogP contribution < -0.4 is 5.32 Å². The van der Waals surface area contributed by atoms with Crippen LogP contribution in [0.1, 0.15) is 64.6 Å². The van der Waals surface area contributed by atoms with E-state index >= 15 is 0 Å². The standard InChI is InChI=1S/C16H29N3/c1-12(13-8-6-7-9-13)17-10-14-11-19(5)18-15(14)16(2,3)4/h11-13,17H,6-10H2,1-5H3/t12-/m0/s1. The van der Waals surface area contributed by atoms with Crippen LogP contribution in [0, 0.1) is 5.92 Å². The summed E-state index contributed by atoms with van der Waals surface area (Å²) in [6, 6.07) is 0.621. The average Bonchev–Trinajstić information content (AvgIpc) is 2.93. The van der Waals surface area contributed by atoms with Crippen molar-refractivity contribution in [3.05, 3.63) is 17.5 Å². The molecule has 1 fully saturated rings. The fourth-order valence-electron chi connectivity index (χ4n) is 3.19. The smallest absolute Gasteiger partial charge is 0.0722 e. The van der Waals surface area contributed by atoms with Crippen LogP contribution in [0.5, 0.6) is 0 Å². The second kappa shape index (κ2) is 5.66. The predicted octanol–water partition coefficient (Wildman–Crippen LogP) is 3.39. The summed E-state index contributed by atoms with van der Waals surface area (Å²) in [5.74, 6) is 0.870. The Balaban J connectivity index is 1.99. The first-order chi connectivity index (χ1) is 8.88. The van der Waals surface area contributed by atoms with Gasteiger partial charge in [-0.2, -0.15) is 5.10 Å². The summed E-state index contributed by atoms with van der Waals surface area (Å²) >= 11 is 0. The fourth-order valence-corrected chi connectivity index (χ4v) is 3.19. The van der Waals surface area contributed by atoms with Crippen LogP contribution in [0.4, 0.5) is 0 Å². The lowest BCUT2D eigenvalue weighted by Crippen LogP contribution is -2.32.